The maximum Gasteiger partial charge on any atom is 0.236 e. The van der Waals surface area contributed by atoms with Gasteiger partial charge in [0.15, 0.2) is 0 Å². The second kappa shape index (κ2) is 3.73. The quantitative estimate of drug-likeness (QED) is 0.599. The first-order valence-corrected chi connectivity index (χ1v) is 2.81. The average Bonchev–Trinajstić information content (AvgIpc) is 2.03. The highest BCUT2D eigenvalue weighted by atomic mass is 16.5. The Labute approximate surface area is 57.7 Å². The number of aliphatic hydroxyl groups is 1. The van der Waals surface area contributed by atoms with E-state index in [2.05, 4.69) is 15.4 Å². The van der Waals surface area contributed by atoms with Crippen LogP contribution in [-0.4, -0.2) is 33.7 Å². The smallest absolute Gasteiger partial charge is 0.236 e. The maximum atomic E-state index is 8.34. The lowest BCUT2D eigenvalue weighted by atomic mass is 10.6. The zero-order valence-corrected chi connectivity index (χ0v) is 5.27. The average molecular weight is 141 g/mol. The third kappa shape index (κ3) is 1.94. The van der Waals surface area contributed by atoms with Crippen molar-refractivity contribution in [3.63, 3.8) is 0 Å². The molecular formula is C5H7N3O2. The fraction of sp³-hybridized carbons (Fsp3) is 0.400. The van der Waals surface area contributed by atoms with Gasteiger partial charge in [-0.15, -0.1) is 5.10 Å². The highest BCUT2D eigenvalue weighted by Crippen LogP contribution is 1.98. The van der Waals surface area contributed by atoms with Crippen molar-refractivity contribution in [3.8, 4) is 5.88 Å². The third-order valence-corrected chi connectivity index (χ3v) is 0.820. The van der Waals surface area contributed by atoms with E-state index in [0.29, 0.717) is 5.88 Å². The highest BCUT2D eigenvalue weighted by Gasteiger charge is 1.90. The van der Waals surface area contributed by atoms with Gasteiger partial charge in [0.2, 0.25) is 5.88 Å². The van der Waals surface area contributed by atoms with Gasteiger partial charge in [0, 0.05) is 6.07 Å². The van der Waals surface area contributed by atoms with E-state index < -0.39 is 0 Å². The van der Waals surface area contributed by atoms with Crippen molar-refractivity contribution in [2.45, 2.75) is 0 Å². The summed E-state index contributed by atoms with van der Waals surface area (Å²) in [5.41, 5.74) is 0. The minimum atomic E-state index is -0.0238. The van der Waals surface area contributed by atoms with E-state index in [0.717, 1.165) is 0 Å². The Balaban J connectivity index is 2.43. The molecule has 1 aromatic heterocycles. The van der Waals surface area contributed by atoms with Crippen LogP contribution in [0.25, 0.3) is 0 Å². The van der Waals surface area contributed by atoms with Crippen LogP contribution >= 0.6 is 0 Å². The first-order valence-electron chi connectivity index (χ1n) is 2.81. The Morgan fingerprint density at radius 3 is 3.10 bits per heavy atom. The van der Waals surface area contributed by atoms with Crippen molar-refractivity contribution >= 4 is 0 Å². The van der Waals surface area contributed by atoms with Crippen molar-refractivity contribution in [1.29, 1.82) is 0 Å². The topological polar surface area (TPSA) is 68.1 Å². The predicted molar refractivity (Wildman–Crippen MR) is 32.4 cm³/mol. The molecule has 10 heavy (non-hydrogen) atoms. The molecule has 0 radical (unpaired) electrons. The number of aliphatic hydroxyl groups excluding tert-OH is 1. The van der Waals surface area contributed by atoms with Gasteiger partial charge in [0.25, 0.3) is 0 Å². The van der Waals surface area contributed by atoms with Crippen molar-refractivity contribution < 1.29 is 9.84 Å². The van der Waals surface area contributed by atoms with Crippen LogP contribution in [0.4, 0.5) is 0 Å². The molecule has 0 atom stereocenters. The van der Waals surface area contributed by atoms with E-state index in [1.54, 1.807) is 6.07 Å². The van der Waals surface area contributed by atoms with Crippen LogP contribution < -0.4 is 4.74 Å². The number of rotatable bonds is 3. The summed E-state index contributed by atoms with van der Waals surface area (Å²) in [6, 6.07) is 1.57. The van der Waals surface area contributed by atoms with Gasteiger partial charge in [0.05, 0.1) is 12.8 Å². The molecule has 5 heteroatoms. The summed E-state index contributed by atoms with van der Waals surface area (Å²) in [4.78, 5) is 0. The van der Waals surface area contributed by atoms with Gasteiger partial charge in [-0.3, -0.25) is 0 Å². The van der Waals surface area contributed by atoms with E-state index in [-0.39, 0.29) is 13.2 Å². The zero-order chi connectivity index (χ0) is 7.23. The molecule has 0 aliphatic rings. The normalized spacial score (nSPS) is 9.30. The van der Waals surface area contributed by atoms with Crippen molar-refractivity contribution in [2.75, 3.05) is 13.2 Å². The second-order valence-corrected chi connectivity index (χ2v) is 1.53. The molecule has 0 spiro atoms. The van der Waals surface area contributed by atoms with Crippen molar-refractivity contribution in [3.05, 3.63) is 12.3 Å². The maximum absolute atomic E-state index is 8.34. The summed E-state index contributed by atoms with van der Waals surface area (Å²) in [7, 11) is 0. The fourth-order valence-electron chi connectivity index (χ4n) is 0.457. The van der Waals surface area contributed by atoms with Gasteiger partial charge < -0.3 is 9.84 Å². The molecule has 1 N–H and O–H groups in total. The Morgan fingerprint density at radius 1 is 1.60 bits per heavy atom. The molecule has 0 aromatic carbocycles. The Kier molecular flexibility index (Phi) is 2.57. The number of aromatic nitrogens is 3. The van der Waals surface area contributed by atoms with Gasteiger partial charge >= 0.3 is 0 Å². The Morgan fingerprint density at radius 2 is 2.50 bits per heavy atom. The number of ether oxygens (including phenoxy) is 1. The molecule has 0 saturated carbocycles. The highest BCUT2D eigenvalue weighted by molar-refractivity contribution is 5.01. The summed E-state index contributed by atoms with van der Waals surface area (Å²) in [6.45, 7) is 0.211. The minimum absolute atomic E-state index is 0.0238. The first-order chi connectivity index (χ1) is 4.93. The minimum Gasteiger partial charge on any atom is -0.474 e. The molecule has 1 aromatic rings. The molecular weight excluding hydrogens is 134 g/mol. The van der Waals surface area contributed by atoms with E-state index >= 15 is 0 Å². The lowest BCUT2D eigenvalue weighted by Crippen LogP contribution is -2.03. The summed E-state index contributed by atoms with van der Waals surface area (Å²) >= 11 is 0. The van der Waals surface area contributed by atoms with Crippen LogP contribution in [0.3, 0.4) is 0 Å². The van der Waals surface area contributed by atoms with E-state index in [1.807, 2.05) is 0 Å². The molecule has 0 saturated heterocycles. The van der Waals surface area contributed by atoms with E-state index in [9.17, 15) is 0 Å². The van der Waals surface area contributed by atoms with Crippen LogP contribution in [0.5, 0.6) is 5.88 Å². The third-order valence-electron chi connectivity index (χ3n) is 0.820. The summed E-state index contributed by atoms with van der Waals surface area (Å²) in [6.07, 6.45) is 1.47. The van der Waals surface area contributed by atoms with Crippen molar-refractivity contribution in [1.82, 2.24) is 15.4 Å². The first kappa shape index (κ1) is 6.88. The van der Waals surface area contributed by atoms with Gasteiger partial charge in [0.1, 0.15) is 6.61 Å². The standard InChI is InChI=1S/C5H7N3O2/c9-3-4-10-5-1-2-6-8-7-5/h1-2,9H,3-4H2. The molecule has 0 amide bonds. The Bertz CT molecular complexity index is 180. The predicted octanol–water partition coefficient (Wildman–Crippen LogP) is -0.757. The zero-order valence-electron chi connectivity index (χ0n) is 5.27. The molecule has 0 aliphatic heterocycles. The molecule has 0 aliphatic carbocycles. The van der Waals surface area contributed by atoms with Gasteiger partial charge in [-0.25, -0.2) is 0 Å². The summed E-state index contributed by atoms with van der Waals surface area (Å²) < 4.78 is 4.89. The number of hydrogen-bond acceptors (Lipinski definition) is 5. The molecule has 0 bridgehead atoms. The van der Waals surface area contributed by atoms with Crippen LogP contribution in [0.1, 0.15) is 0 Å². The van der Waals surface area contributed by atoms with Crippen LogP contribution in [0.2, 0.25) is 0 Å². The molecule has 0 unspecified atom stereocenters. The van der Waals surface area contributed by atoms with Crippen LogP contribution in [0.15, 0.2) is 12.3 Å². The van der Waals surface area contributed by atoms with Gasteiger partial charge in [-0.1, -0.05) is 5.10 Å². The Hall–Kier alpha value is -1.23. The fourth-order valence-corrected chi connectivity index (χ4v) is 0.457. The van der Waals surface area contributed by atoms with Gasteiger partial charge in [-0.2, -0.15) is 0 Å². The lowest BCUT2D eigenvalue weighted by molar-refractivity contribution is 0.195. The number of hydrogen-bond donors (Lipinski definition) is 1. The molecule has 1 heterocycles. The largest absolute Gasteiger partial charge is 0.474 e. The number of nitrogens with zero attached hydrogens (tertiary/aromatic N) is 3. The van der Waals surface area contributed by atoms with Crippen LogP contribution in [0, 0.1) is 0 Å². The molecule has 0 fully saturated rings. The summed E-state index contributed by atoms with van der Waals surface area (Å²) in [5.74, 6) is 0.379. The lowest BCUT2D eigenvalue weighted by Gasteiger charge is -1.98. The molecule has 54 valence electrons. The van der Waals surface area contributed by atoms with Crippen LogP contribution in [-0.2, 0) is 0 Å². The summed E-state index contributed by atoms with van der Waals surface area (Å²) in [5, 5.41) is 18.6. The molecule has 5 nitrogen and oxygen atoms in total. The SMILES string of the molecule is OCCOc1ccnnn1. The van der Waals surface area contributed by atoms with E-state index in [1.165, 1.54) is 6.20 Å². The monoisotopic (exact) mass is 141 g/mol. The van der Waals surface area contributed by atoms with Gasteiger partial charge in [-0.05, 0) is 5.21 Å². The van der Waals surface area contributed by atoms with Crippen molar-refractivity contribution in [2.24, 2.45) is 0 Å². The molecule has 1 rings (SSSR count). The van der Waals surface area contributed by atoms with E-state index in [4.69, 9.17) is 9.84 Å². The second-order valence-electron chi connectivity index (χ2n) is 1.53.